The van der Waals surface area contributed by atoms with Crippen LogP contribution in [0.2, 0.25) is 0 Å². The van der Waals surface area contributed by atoms with Crippen molar-refractivity contribution in [1.82, 2.24) is 10.6 Å². The number of hydrogen-bond donors (Lipinski definition) is 3. The first-order valence-corrected chi connectivity index (χ1v) is 6.49. The van der Waals surface area contributed by atoms with E-state index in [0.717, 1.165) is 12.3 Å². The topological polar surface area (TPSA) is 44.3 Å². The van der Waals surface area contributed by atoms with Crippen molar-refractivity contribution in [3.63, 3.8) is 0 Å². The highest BCUT2D eigenvalue weighted by Crippen LogP contribution is 2.38. The number of nitrogens with one attached hydrogen (secondary N) is 2. The van der Waals surface area contributed by atoms with Crippen LogP contribution in [0, 0.1) is 11.3 Å². The van der Waals surface area contributed by atoms with Gasteiger partial charge in [-0.2, -0.15) is 0 Å². The molecule has 1 saturated carbocycles. The van der Waals surface area contributed by atoms with E-state index in [2.05, 4.69) is 31.4 Å². The van der Waals surface area contributed by atoms with Crippen LogP contribution in [0.25, 0.3) is 0 Å². The van der Waals surface area contributed by atoms with E-state index in [9.17, 15) is 0 Å². The van der Waals surface area contributed by atoms with Gasteiger partial charge in [0.05, 0.1) is 6.61 Å². The van der Waals surface area contributed by atoms with Crippen LogP contribution in [0.1, 0.15) is 40.0 Å². The first-order valence-electron chi connectivity index (χ1n) is 6.08. The summed E-state index contributed by atoms with van der Waals surface area (Å²) in [5, 5.41) is 15.7. The van der Waals surface area contributed by atoms with Gasteiger partial charge in [0.2, 0.25) is 0 Å². The standard InChI is InChI=1S/C12H24N2OS/c1-9-6-10(8-12(2,3)7-9)14-11(16)13-4-5-15/h9-10,15H,4-8H2,1-3H3,(H2,13,14,16)/t9-,10-/m0/s1. The fourth-order valence-electron chi connectivity index (χ4n) is 2.86. The Balaban J connectivity index is 2.39. The van der Waals surface area contributed by atoms with Gasteiger partial charge >= 0.3 is 0 Å². The first kappa shape index (κ1) is 13.7. The molecule has 16 heavy (non-hydrogen) atoms. The Labute approximate surface area is 104 Å². The summed E-state index contributed by atoms with van der Waals surface area (Å²) in [4.78, 5) is 0. The highest BCUT2D eigenvalue weighted by atomic mass is 32.1. The van der Waals surface area contributed by atoms with E-state index >= 15 is 0 Å². The molecule has 0 aliphatic heterocycles. The van der Waals surface area contributed by atoms with Gasteiger partial charge in [0.25, 0.3) is 0 Å². The van der Waals surface area contributed by atoms with Crippen LogP contribution in [-0.4, -0.2) is 29.4 Å². The Morgan fingerprint density at radius 1 is 1.44 bits per heavy atom. The van der Waals surface area contributed by atoms with Gasteiger partial charge in [-0.1, -0.05) is 20.8 Å². The van der Waals surface area contributed by atoms with E-state index in [1.807, 2.05) is 0 Å². The maximum atomic E-state index is 8.70. The van der Waals surface area contributed by atoms with E-state index < -0.39 is 0 Å². The minimum atomic E-state index is 0.119. The molecule has 2 atom stereocenters. The lowest BCUT2D eigenvalue weighted by Gasteiger charge is -2.39. The molecule has 1 aliphatic carbocycles. The molecule has 94 valence electrons. The number of aliphatic hydroxyl groups excluding tert-OH is 1. The van der Waals surface area contributed by atoms with E-state index in [0.29, 0.717) is 23.1 Å². The molecule has 0 saturated heterocycles. The molecule has 0 spiro atoms. The zero-order chi connectivity index (χ0) is 12.2. The maximum absolute atomic E-state index is 8.70. The summed E-state index contributed by atoms with van der Waals surface area (Å²) in [5.74, 6) is 0.752. The Morgan fingerprint density at radius 3 is 2.69 bits per heavy atom. The van der Waals surface area contributed by atoms with Crippen molar-refractivity contribution in [2.24, 2.45) is 11.3 Å². The zero-order valence-electron chi connectivity index (χ0n) is 10.5. The molecule has 0 unspecified atom stereocenters. The minimum absolute atomic E-state index is 0.119. The van der Waals surface area contributed by atoms with Gasteiger partial charge in [-0.25, -0.2) is 0 Å². The predicted octanol–water partition coefficient (Wildman–Crippen LogP) is 1.66. The molecule has 4 heteroatoms. The summed E-state index contributed by atoms with van der Waals surface area (Å²) in [7, 11) is 0. The second kappa shape index (κ2) is 5.82. The number of hydrogen-bond acceptors (Lipinski definition) is 2. The van der Waals surface area contributed by atoms with Crippen LogP contribution < -0.4 is 10.6 Å². The third-order valence-corrected chi connectivity index (χ3v) is 3.38. The third kappa shape index (κ3) is 4.66. The third-order valence-electron chi connectivity index (χ3n) is 3.12. The smallest absolute Gasteiger partial charge is 0.166 e. The average molecular weight is 244 g/mol. The van der Waals surface area contributed by atoms with Crippen molar-refractivity contribution in [1.29, 1.82) is 0 Å². The van der Waals surface area contributed by atoms with E-state index in [1.165, 1.54) is 12.8 Å². The van der Waals surface area contributed by atoms with Crippen molar-refractivity contribution in [3.05, 3.63) is 0 Å². The highest BCUT2D eigenvalue weighted by Gasteiger charge is 2.32. The van der Waals surface area contributed by atoms with Crippen molar-refractivity contribution >= 4 is 17.3 Å². The fourth-order valence-corrected chi connectivity index (χ4v) is 3.13. The highest BCUT2D eigenvalue weighted by molar-refractivity contribution is 7.80. The Bertz CT molecular complexity index is 243. The van der Waals surface area contributed by atoms with E-state index in [-0.39, 0.29) is 6.61 Å². The minimum Gasteiger partial charge on any atom is -0.395 e. The Morgan fingerprint density at radius 2 is 2.12 bits per heavy atom. The number of thiocarbonyl (C=S) groups is 1. The van der Waals surface area contributed by atoms with Crippen LogP contribution >= 0.6 is 12.2 Å². The van der Waals surface area contributed by atoms with E-state index in [1.54, 1.807) is 0 Å². The molecule has 0 aromatic heterocycles. The van der Waals surface area contributed by atoms with Crippen LogP contribution in [0.4, 0.5) is 0 Å². The molecule has 3 N–H and O–H groups in total. The van der Waals surface area contributed by atoms with Crippen molar-refractivity contribution in [2.75, 3.05) is 13.2 Å². The van der Waals surface area contributed by atoms with Crippen LogP contribution in [0.5, 0.6) is 0 Å². The lowest BCUT2D eigenvalue weighted by molar-refractivity contribution is 0.161. The fraction of sp³-hybridized carbons (Fsp3) is 0.917. The van der Waals surface area contributed by atoms with Gasteiger partial charge < -0.3 is 15.7 Å². The maximum Gasteiger partial charge on any atom is 0.166 e. The number of rotatable bonds is 3. The van der Waals surface area contributed by atoms with Gasteiger partial charge in [0, 0.05) is 12.6 Å². The molecule has 1 fully saturated rings. The molecule has 0 radical (unpaired) electrons. The first-order chi connectivity index (χ1) is 7.43. The molecule has 0 heterocycles. The zero-order valence-corrected chi connectivity index (χ0v) is 11.4. The SMILES string of the molecule is C[C@H]1C[C@H](NC(=S)NCCO)CC(C)(C)C1. The van der Waals surface area contributed by atoms with Crippen LogP contribution in [-0.2, 0) is 0 Å². The Kier molecular flexibility index (Phi) is 4.99. The largest absolute Gasteiger partial charge is 0.395 e. The van der Waals surface area contributed by atoms with Gasteiger partial charge in [-0.3, -0.25) is 0 Å². The molecule has 1 rings (SSSR count). The van der Waals surface area contributed by atoms with E-state index in [4.69, 9.17) is 17.3 Å². The molecular weight excluding hydrogens is 220 g/mol. The second-order valence-electron chi connectivity index (χ2n) is 5.73. The summed E-state index contributed by atoms with van der Waals surface area (Å²) in [6, 6.07) is 0.470. The van der Waals surface area contributed by atoms with Gasteiger partial charge in [-0.15, -0.1) is 0 Å². The normalized spacial score (nSPS) is 28.5. The molecule has 0 bridgehead atoms. The van der Waals surface area contributed by atoms with Crippen molar-refractivity contribution in [2.45, 2.75) is 46.1 Å². The van der Waals surface area contributed by atoms with Crippen molar-refractivity contribution < 1.29 is 5.11 Å². The van der Waals surface area contributed by atoms with Crippen LogP contribution in [0.15, 0.2) is 0 Å². The molecule has 3 nitrogen and oxygen atoms in total. The average Bonchev–Trinajstić information content (AvgIpc) is 2.11. The van der Waals surface area contributed by atoms with Crippen molar-refractivity contribution in [3.8, 4) is 0 Å². The molecule has 0 aromatic rings. The molecule has 1 aliphatic rings. The lowest BCUT2D eigenvalue weighted by Crippen LogP contribution is -2.47. The molecule has 0 aromatic carbocycles. The molecular formula is C12H24N2OS. The monoisotopic (exact) mass is 244 g/mol. The van der Waals surface area contributed by atoms with Gasteiger partial charge in [0.1, 0.15) is 0 Å². The lowest BCUT2D eigenvalue weighted by atomic mass is 9.71. The van der Waals surface area contributed by atoms with Gasteiger partial charge in [0.15, 0.2) is 5.11 Å². The summed E-state index contributed by atoms with van der Waals surface area (Å²) in [6.07, 6.45) is 3.64. The Hall–Kier alpha value is -0.350. The molecule has 0 amide bonds. The second-order valence-corrected chi connectivity index (χ2v) is 6.14. The predicted molar refractivity (Wildman–Crippen MR) is 71.4 cm³/mol. The quantitative estimate of drug-likeness (QED) is 0.661. The van der Waals surface area contributed by atoms with Gasteiger partial charge in [-0.05, 0) is 42.8 Å². The summed E-state index contributed by atoms with van der Waals surface area (Å²) in [6.45, 7) is 7.59. The van der Waals surface area contributed by atoms with Crippen LogP contribution in [0.3, 0.4) is 0 Å². The summed E-state index contributed by atoms with van der Waals surface area (Å²) in [5.41, 5.74) is 0.405. The number of aliphatic hydroxyl groups is 1. The summed E-state index contributed by atoms with van der Waals surface area (Å²) >= 11 is 5.18. The summed E-state index contributed by atoms with van der Waals surface area (Å²) < 4.78 is 0.